The van der Waals surface area contributed by atoms with E-state index in [-0.39, 0.29) is 18.4 Å². The number of benzene rings is 2. The van der Waals surface area contributed by atoms with Crippen molar-refractivity contribution < 1.29 is 14.3 Å². The van der Waals surface area contributed by atoms with Crippen molar-refractivity contribution in [2.45, 2.75) is 26.4 Å². The molecule has 7 heteroatoms. The highest BCUT2D eigenvalue weighted by Crippen LogP contribution is 2.25. The molecular formula is C20H24BrN3O3. The molecule has 0 aliphatic heterocycles. The monoisotopic (exact) mass is 433 g/mol. The molecule has 0 heterocycles. The molecule has 3 amide bonds. The Bertz CT molecular complexity index is 779. The van der Waals surface area contributed by atoms with E-state index in [1.54, 1.807) is 19.2 Å². The van der Waals surface area contributed by atoms with Crippen LogP contribution < -0.4 is 16.0 Å². The number of hydrogen-bond acceptors (Lipinski definition) is 3. The van der Waals surface area contributed by atoms with Crippen LogP contribution in [0.5, 0.6) is 0 Å². The van der Waals surface area contributed by atoms with Gasteiger partial charge in [-0.25, -0.2) is 4.79 Å². The number of anilines is 2. The second kappa shape index (κ2) is 10.7. The molecule has 0 bridgehead atoms. The fourth-order valence-electron chi connectivity index (χ4n) is 2.47. The molecule has 144 valence electrons. The number of halogens is 1. The Balaban J connectivity index is 1.95. The van der Waals surface area contributed by atoms with Crippen molar-refractivity contribution in [2.24, 2.45) is 0 Å². The Morgan fingerprint density at radius 3 is 2.48 bits per heavy atom. The minimum Gasteiger partial charge on any atom is -0.380 e. The van der Waals surface area contributed by atoms with Gasteiger partial charge in [-0.05, 0) is 36.2 Å². The second-order valence-corrected chi connectivity index (χ2v) is 6.86. The van der Waals surface area contributed by atoms with Gasteiger partial charge in [-0.3, -0.25) is 4.79 Å². The van der Waals surface area contributed by atoms with Crippen molar-refractivity contribution in [3.05, 3.63) is 58.1 Å². The Kier molecular flexibility index (Phi) is 8.29. The van der Waals surface area contributed by atoms with Crippen molar-refractivity contribution in [1.82, 2.24) is 5.32 Å². The van der Waals surface area contributed by atoms with Crippen LogP contribution in [0, 0.1) is 0 Å². The van der Waals surface area contributed by atoms with Crippen LogP contribution in [-0.4, -0.2) is 25.6 Å². The molecule has 2 rings (SSSR count). The van der Waals surface area contributed by atoms with Gasteiger partial charge in [0.2, 0.25) is 5.91 Å². The molecule has 0 fully saturated rings. The number of ether oxygens (including phenoxy) is 1. The molecular weight excluding hydrogens is 410 g/mol. The number of carbonyl (C=O) groups is 2. The molecule has 2 aromatic rings. The summed E-state index contributed by atoms with van der Waals surface area (Å²) in [6.07, 6.45) is 1.12. The summed E-state index contributed by atoms with van der Waals surface area (Å²) in [6.45, 7) is 3.02. The number of rotatable bonds is 8. The summed E-state index contributed by atoms with van der Waals surface area (Å²) in [5, 5.41) is 8.43. The minimum absolute atomic E-state index is 0.119. The maximum Gasteiger partial charge on any atom is 0.319 e. The zero-order valence-electron chi connectivity index (χ0n) is 15.5. The Labute approximate surface area is 167 Å². The van der Waals surface area contributed by atoms with Crippen molar-refractivity contribution in [2.75, 3.05) is 24.3 Å². The molecule has 2 aromatic carbocycles. The number of amides is 3. The number of methoxy groups -OCH3 is 1. The lowest BCUT2D eigenvalue weighted by atomic mass is 10.1. The van der Waals surface area contributed by atoms with Crippen LogP contribution in [0.15, 0.2) is 46.9 Å². The first-order chi connectivity index (χ1) is 13.0. The molecule has 6 nitrogen and oxygen atoms in total. The predicted molar refractivity (Wildman–Crippen MR) is 111 cm³/mol. The van der Waals surface area contributed by atoms with Crippen LogP contribution in [0.3, 0.4) is 0 Å². The third kappa shape index (κ3) is 6.69. The molecule has 3 N–H and O–H groups in total. The zero-order chi connectivity index (χ0) is 19.6. The summed E-state index contributed by atoms with van der Waals surface area (Å²) in [4.78, 5) is 24.0. The molecule has 0 radical (unpaired) electrons. The Morgan fingerprint density at radius 2 is 1.81 bits per heavy atom. The average molecular weight is 434 g/mol. The summed E-state index contributed by atoms with van der Waals surface area (Å²) >= 11 is 3.48. The Morgan fingerprint density at radius 1 is 1.07 bits per heavy atom. The van der Waals surface area contributed by atoms with Crippen LogP contribution >= 0.6 is 15.9 Å². The fraction of sp³-hybridized carbons (Fsp3) is 0.300. The maximum atomic E-state index is 12.4. The highest BCUT2D eigenvalue weighted by atomic mass is 79.9. The first-order valence-electron chi connectivity index (χ1n) is 8.73. The molecule has 0 saturated carbocycles. The van der Waals surface area contributed by atoms with Crippen LogP contribution in [0.1, 0.15) is 24.5 Å². The van der Waals surface area contributed by atoms with Gasteiger partial charge in [0.1, 0.15) is 0 Å². The SMILES string of the molecule is CCCNC(=O)Nc1ccc(CC(=O)Nc2cccc(Br)c2COC)cc1. The summed E-state index contributed by atoms with van der Waals surface area (Å²) in [5.74, 6) is -0.119. The number of nitrogens with one attached hydrogen (secondary N) is 3. The van der Waals surface area contributed by atoms with Crippen LogP contribution in [-0.2, 0) is 22.6 Å². The minimum atomic E-state index is -0.234. The molecule has 0 saturated heterocycles. The lowest BCUT2D eigenvalue weighted by Crippen LogP contribution is -2.29. The third-order valence-corrected chi connectivity index (χ3v) is 4.54. The van der Waals surface area contributed by atoms with Gasteiger partial charge in [-0.15, -0.1) is 0 Å². The standard InChI is InChI=1S/C20H24BrN3O3/c1-3-11-22-20(26)23-15-9-7-14(8-10-15)12-19(25)24-18-6-4-5-17(21)16(18)13-27-2/h4-10H,3,11-13H2,1-2H3,(H,24,25)(H2,22,23,26). The van der Waals surface area contributed by atoms with Gasteiger partial charge in [-0.1, -0.05) is 41.1 Å². The van der Waals surface area contributed by atoms with Gasteiger partial charge in [0.25, 0.3) is 0 Å². The van der Waals surface area contributed by atoms with Gasteiger partial charge in [-0.2, -0.15) is 0 Å². The van der Waals surface area contributed by atoms with Crippen LogP contribution in [0.2, 0.25) is 0 Å². The van der Waals surface area contributed by atoms with Crippen LogP contribution in [0.25, 0.3) is 0 Å². The highest BCUT2D eigenvalue weighted by molar-refractivity contribution is 9.10. The number of urea groups is 1. The predicted octanol–water partition coefficient (Wildman–Crippen LogP) is 4.31. The van der Waals surface area contributed by atoms with E-state index in [4.69, 9.17) is 4.74 Å². The maximum absolute atomic E-state index is 12.4. The molecule has 0 spiro atoms. The van der Waals surface area contributed by atoms with Gasteiger partial charge in [0, 0.05) is 35.1 Å². The molecule has 0 atom stereocenters. The molecule has 0 aromatic heterocycles. The van der Waals surface area contributed by atoms with E-state index in [2.05, 4.69) is 31.9 Å². The quantitative estimate of drug-likeness (QED) is 0.580. The number of carbonyl (C=O) groups excluding carboxylic acids is 2. The van der Waals surface area contributed by atoms with Gasteiger partial charge in [0.05, 0.1) is 13.0 Å². The zero-order valence-corrected chi connectivity index (χ0v) is 17.1. The summed E-state index contributed by atoms with van der Waals surface area (Å²) in [5.41, 5.74) is 3.16. The second-order valence-electron chi connectivity index (χ2n) is 6.00. The average Bonchev–Trinajstić information content (AvgIpc) is 2.64. The van der Waals surface area contributed by atoms with E-state index in [9.17, 15) is 9.59 Å². The van der Waals surface area contributed by atoms with Gasteiger partial charge in [0.15, 0.2) is 0 Å². The normalized spacial score (nSPS) is 10.3. The first kappa shape index (κ1) is 20.9. The van der Waals surface area contributed by atoms with Crippen molar-refractivity contribution in [1.29, 1.82) is 0 Å². The van der Waals surface area contributed by atoms with Gasteiger partial charge < -0.3 is 20.7 Å². The van der Waals surface area contributed by atoms with Crippen molar-refractivity contribution >= 4 is 39.2 Å². The fourth-order valence-corrected chi connectivity index (χ4v) is 2.95. The van der Waals surface area contributed by atoms with E-state index in [1.165, 1.54) is 0 Å². The van der Waals surface area contributed by atoms with Crippen molar-refractivity contribution in [3.8, 4) is 0 Å². The van der Waals surface area contributed by atoms with E-state index in [0.717, 1.165) is 27.7 Å². The van der Waals surface area contributed by atoms with Crippen molar-refractivity contribution in [3.63, 3.8) is 0 Å². The number of hydrogen-bond donors (Lipinski definition) is 3. The van der Waals surface area contributed by atoms with E-state index in [1.807, 2.05) is 37.3 Å². The Hall–Kier alpha value is -2.38. The lowest BCUT2D eigenvalue weighted by molar-refractivity contribution is -0.115. The summed E-state index contributed by atoms with van der Waals surface area (Å²) in [7, 11) is 1.61. The molecule has 0 aliphatic carbocycles. The lowest BCUT2D eigenvalue weighted by Gasteiger charge is -2.12. The first-order valence-corrected chi connectivity index (χ1v) is 9.52. The van der Waals surface area contributed by atoms with Gasteiger partial charge >= 0.3 is 6.03 Å². The summed E-state index contributed by atoms with van der Waals surface area (Å²) in [6, 6.07) is 12.6. The third-order valence-electron chi connectivity index (χ3n) is 3.79. The molecule has 27 heavy (non-hydrogen) atoms. The summed E-state index contributed by atoms with van der Waals surface area (Å²) < 4.78 is 6.09. The van der Waals surface area contributed by atoms with E-state index < -0.39 is 0 Å². The smallest absolute Gasteiger partial charge is 0.319 e. The highest BCUT2D eigenvalue weighted by Gasteiger charge is 2.10. The molecule has 0 unspecified atom stereocenters. The van der Waals surface area contributed by atoms with E-state index >= 15 is 0 Å². The topological polar surface area (TPSA) is 79.5 Å². The molecule has 0 aliphatic rings. The van der Waals surface area contributed by atoms with E-state index in [0.29, 0.717) is 18.8 Å². The van der Waals surface area contributed by atoms with Crippen LogP contribution in [0.4, 0.5) is 16.2 Å². The largest absolute Gasteiger partial charge is 0.380 e.